The molecule has 0 radical (unpaired) electrons. The maximum absolute atomic E-state index is 12.0. The van der Waals surface area contributed by atoms with Crippen LogP contribution < -0.4 is 21.6 Å². The van der Waals surface area contributed by atoms with Gasteiger partial charge in [-0.15, -0.1) is 0 Å². The first-order valence-corrected chi connectivity index (χ1v) is 14.8. The number of amides is 3. The number of carbonyl (C=O) groups is 5. The highest BCUT2D eigenvalue weighted by molar-refractivity contribution is 8.00. The average Bonchev–Trinajstić information content (AvgIpc) is 2.90. The molecule has 10 nitrogen and oxygen atoms in total. The summed E-state index contributed by atoms with van der Waals surface area (Å²) in [7, 11) is 0. The number of thioether (sulfide) groups is 2. The lowest BCUT2D eigenvalue weighted by molar-refractivity contribution is -0.120. The van der Waals surface area contributed by atoms with Crippen molar-refractivity contribution in [2.24, 2.45) is 11.5 Å². The van der Waals surface area contributed by atoms with E-state index in [9.17, 15) is 24.0 Å². The van der Waals surface area contributed by atoms with Crippen molar-refractivity contribution in [2.75, 3.05) is 23.0 Å². The Balaban J connectivity index is 0.000000418. The third-order valence-electron chi connectivity index (χ3n) is 4.74. The van der Waals surface area contributed by atoms with Gasteiger partial charge in [-0.1, -0.05) is 60.7 Å². The van der Waals surface area contributed by atoms with Crippen LogP contribution in [0.2, 0.25) is 0 Å². The highest BCUT2D eigenvalue weighted by atomic mass is 35.5. The van der Waals surface area contributed by atoms with E-state index in [0.29, 0.717) is 22.6 Å². The number of benzene rings is 2. The van der Waals surface area contributed by atoms with E-state index in [-0.39, 0.29) is 23.1 Å². The second-order valence-corrected chi connectivity index (χ2v) is 11.6. The molecule has 2 unspecified atom stereocenters. The number of nitrogens with two attached hydrogens (primary N) is 2. The first-order chi connectivity index (χ1) is 18.8. The SMILES string of the molecule is CC(C)(C)OC(=O)NC(CSCC(=O)c1ccccc1)C(N)=O.NC(=O)C(CSCC(=O)c1ccccc1)NCl. The summed E-state index contributed by atoms with van der Waals surface area (Å²) in [5.74, 6) is -0.152. The molecule has 0 aliphatic heterocycles. The Labute approximate surface area is 247 Å². The maximum atomic E-state index is 12.0. The van der Waals surface area contributed by atoms with Crippen molar-refractivity contribution in [1.82, 2.24) is 10.2 Å². The van der Waals surface area contributed by atoms with Crippen LogP contribution in [-0.2, 0) is 14.3 Å². The highest BCUT2D eigenvalue weighted by Gasteiger charge is 2.23. The zero-order valence-electron chi connectivity index (χ0n) is 22.6. The van der Waals surface area contributed by atoms with Gasteiger partial charge in [0.15, 0.2) is 11.6 Å². The lowest BCUT2D eigenvalue weighted by atomic mass is 10.2. The van der Waals surface area contributed by atoms with E-state index in [1.807, 2.05) is 24.3 Å². The van der Waals surface area contributed by atoms with Gasteiger partial charge in [0, 0.05) is 22.6 Å². The molecule has 0 heterocycles. The molecule has 0 bridgehead atoms. The molecule has 40 heavy (non-hydrogen) atoms. The van der Waals surface area contributed by atoms with Gasteiger partial charge in [-0.05, 0) is 32.5 Å². The lowest BCUT2D eigenvalue weighted by Crippen LogP contribution is -2.47. The van der Waals surface area contributed by atoms with Gasteiger partial charge in [-0.2, -0.15) is 23.5 Å². The fraction of sp³-hybridized carbons (Fsp3) is 0.370. The quantitative estimate of drug-likeness (QED) is 0.185. The summed E-state index contributed by atoms with van der Waals surface area (Å²) in [6, 6.07) is 16.3. The summed E-state index contributed by atoms with van der Waals surface area (Å²) in [5, 5.41) is 2.42. The minimum atomic E-state index is -0.890. The Morgan fingerprint density at radius 3 is 1.52 bits per heavy atom. The summed E-state index contributed by atoms with van der Waals surface area (Å²) in [5.41, 5.74) is 11.0. The molecule has 0 spiro atoms. The number of carbonyl (C=O) groups excluding carboxylic acids is 5. The second-order valence-electron chi connectivity index (χ2n) is 9.27. The molecular formula is C27H35ClN4O6S2. The molecule has 0 aliphatic carbocycles. The molecule has 0 saturated carbocycles. The Hall–Kier alpha value is -3.06. The van der Waals surface area contributed by atoms with Crippen LogP contribution in [-0.4, -0.2) is 70.2 Å². The summed E-state index contributed by atoms with van der Waals surface area (Å²) in [6.45, 7) is 5.16. The van der Waals surface area contributed by atoms with E-state index in [4.69, 9.17) is 28.0 Å². The minimum absolute atomic E-state index is 0.0217. The van der Waals surface area contributed by atoms with Crippen molar-refractivity contribution >= 4 is 64.8 Å². The maximum Gasteiger partial charge on any atom is 0.408 e. The second kappa shape index (κ2) is 18.3. The van der Waals surface area contributed by atoms with E-state index in [2.05, 4.69) is 10.2 Å². The van der Waals surface area contributed by atoms with Crippen LogP contribution in [0, 0.1) is 0 Å². The molecule has 0 aromatic heterocycles. The number of ether oxygens (including phenoxy) is 1. The normalized spacial score (nSPS) is 12.2. The lowest BCUT2D eigenvalue weighted by Gasteiger charge is -2.22. The van der Waals surface area contributed by atoms with Crippen molar-refractivity contribution in [3.8, 4) is 0 Å². The predicted octanol–water partition coefficient (Wildman–Crippen LogP) is 3.18. The topological polar surface area (TPSA) is 171 Å². The Kier molecular flexibility index (Phi) is 16.0. The number of rotatable bonds is 14. The Bertz CT molecular complexity index is 1120. The zero-order chi connectivity index (χ0) is 30.1. The first kappa shape index (κ1) is 35.0. The van der Waals surface area contributed by atoms with E-state index in [1.54, 1.807) is 57.2 Å². The van der Waals surface area contributed by atoms with Crippen molar-refractivity contribution in [3.05, 3.63) is 71.8 Å². The van der Waals surface area contributed by atoms with Crippen molar-refractivity contribution in [1.29, 1.82) is 0 Å². The van der Waals surface area contributed by atoms with E-state index >= 15 is 0 Å². The number of hydrogen-bond acceptors (Lipinski definition) is 9. The monoisotopic (exact) mass is 610 g/mol. The molecule has 0 saturated heterocycles. The molecule has 2 rings (SSSR count). The number of hydrogen-bond donors (Lipinski definition) is 4. The van der Waals surface area contributed by atoms with Gasteiger partial charge in [0.05, 0.1) is 11.5 Å². The van der Waals surface area contributed by atoms with Gasteiger partial charge < -0.3 is 21.5 Å². The number of primary amides is 2. The number of alkyl carbamates (subject to hydrolysis) is 1. The van der Waals surface area contributed by atoms with E-state index in [1.165, 1.54) is 23.5 Å². The van der Waals surface area contributed by atoms with Gasteiger partial charge in [0.2, 0.25) is 11.8 Å². The number of nitrogens with one attached hydrogen (secondary N) is 2. The average molecular weight is 611 g/mol. The Morgan fingerprint density at radius 1 is 0.775 bits per heavy atom. The van der Waals surface area contributed by atoms with Crippen LogP contribution in [0.15, 0.2) is 60.7 Å². The van der Waals surface area contributed by atoms with Crippen molar-refractivity contribution < 1.29 is 28.7 Å². The van der Waals surface area contributed by atoms with E-state index in [0.717, 1.165) is 0 Å². The predicted molar refractivity (Wildman–Crippen MR) is 161 cm³/mol. The molecule has 2 aromatic rings. The molecule has 0 fully saturated rings. The van der Waals surface area contributed by atoms with Gasteiger partial charge in [-0.25, -0.2) is 9.63 Å². The zero-order valence-corrected chi connectivity index (χ0v) is 24.9. The summed E-state index contributed by atoms with van der Waals surface area (Å²) in [6.07, 6.45) is -0.712. The summed E-state index contributed by atoms with van der Waals surface area (Å²) < 4.78 is 5.08. The van der Waals surface area contributed by atoms with Gasteiger partial charge in [-0.3, -0.25) is 19.2 Å². The fourth-order valence-electron chi connectivity index (χ4n) is 2.77. The number of ketones is 2. The molecular weight excluding hydrogens is 576 g/mol. The highest BCUT2D eigenvalue weighted by Crippen LogP contribution is 2.11. The largest absolute Gasteiger partial charge is 0.444 e. The third kappa shape index (κ3) is 14.9. The fourth-order valence-corrected chi connectivity index (χ4v) is 4.95. The van der Waals surface area contributed by atoms with Gasteiger partial charge in [0.25, 0.3) is 0 Å². The van der Waals surface area contributed by atoms with Crippen LogP contribution in [0.25, 0.3) is 0 Å². The molecule has 2 aromatic carbocycles. The molecule has 6 N–H and O–H groups in total. The number of Topliss-reactive ketones (excluding diaryl/α,β-unsaturated/α-hetero) is 2. The van der Waals surface area contributed by atoms with E-state index < -0.39 is 35.6 Å². The smallest absolute Gasteiger partial charge is 0.408 e. The third-order valence-corrected chi connectivity index (χ3v) is 7.07. The van der Waals surface area contributed by atoms with Gasteiger partial charge in [0.1, 0.15) is 17.7 Å². The summed E-state index contributed by atoms with van der Waals surface area (Å²) in [4.78, 5) is 59.9. The standard InChI is InChI=1S/C16H22N2O4S.C11H13ClN2O2S/c1-16(2,3)22-15(21)18-12(14(17)20)9-23-10-13(19)11-7-5-4-6-8-11;12-14-9(11(13)16)6-17-7-10(15)8-4-2-1-3-5-8/h4-8,12H,9-10H2,1-3H3,(H2,17,20)(H,18,21);1-5,9,14H,6-7H2,(H2,13,16). The van der Waals surface area contributed by atoms with Gasteiger partial charge >= 0.3 is 6.09 Å². The molecule has 0 aliphatic rings. The Morgan fingerprint density at radius 2 is 1.18 bits per heavy atom. The molecule has 2 atom stereocenters. The number of halogens is 1. The van der Waals surface area contributed by atoms with Crippen LogP contribution in [0.5, 0.6) is 0 Å². The summed E-state index contributed by atoms with van der Waals surface area (Å²) >= 11 is 7.90. The van der Waals surface area contributed by atoms with Crippen molar-refractivity contribution in [2.45, 2.75) is 38.5 Å². The van der Waals surface area contributed by atoms with Crippen LogP contribution in [0.1, 0.15) is 41.5 Å². The van der Waals surface area contributed by atoms with Crippen molar-refractivity contribution in [3.63, 3.8) is 0 Å². The van der Waals surface area contributed by atoms with Crippen LogP contribution in [0.4, 0.5) is 4.79 Å². The van der Waals surface area contributed by atoms with Crippen LogP contribution >= 0.6 is 35.3 Å². The van der Waals surface area contributed by atoms with Crippen LogP contribution in [0.3, 0.4) is 0 Å². The molecule has 3 amide bonds. The molecule has 13 heteroatoms. The first-order valence-electron chi connectivity index (χ1n) is 12.1. The molecule has 218 valence electrons. The minimum Gasteiger partial charge on any atom is -0.444 e.